The number of fused-ring (bicyclic) bond motifs is 1. The highest BCUT2D eigenvalue weighted by atomic mass is 32.1. The van der Waals surface area contributed by atoms with E-state index < -0.39 is 0 Å². The number of anilines is 2. The second-order valence-corrected chi connectivity index (χ2v) is 6.56. The molecule has 1 amide bonds. The maximum Gasteiger partial charge on any atom is 0.228 e. The molecule has 5 nitrogen and oxygen atoms in total. The molecule has 20 heavy (non-hydrogen) atoms. The predicted octanol–water partition coefficient (Wildman–Crippen LogP) is 3.11. The molecule has 2 aromatic heterocycles. The second-order valence-electron chi connectivity index (χ2n) is 5.57. The monoisotopic (exact) mass is 290 g/mol. The molecule has 3 rings (SSSR count). The van der Waals surface area contributed by atoms with E-state index in [1.807, 2.05) is 6.07 Å². The Morgan fingerprint density at radius 1 is 1.50 bits per heavy atom. The summed E-state index contributed by atoms with van der Waals surface area (Å²) in [5.41, 5.74) is 0.877. The zero-order valence-corrected chi connectivity index (χ0v) is 12.5. The van der Waals surface area contributed by atoms with E-state index >= 15 is 0 Å². The molecule has 2 heterocycles. The maximum absolute atomic E-state index is 11.9. The smallest absolute Gasteiger partial charge is 0.228 e. The van der Waals surface area contributed by atoms with E-state index in [0.717, 1.165) is 34.7 Å². The van der Waals surface area contributed by atoms with Crippen molar-refractivity contribution in [2.24, 2.45) is 11.8 Å². The van der Waals surface area contributed by atoms with Gasteiger partial charge in [-0.2, -0.15) is 0 Å². The van der Waals surface area contributed by atoms with Crippen molar-refractivity contribution in [2.45, 2.75) is 26.7 Å². The van der Waals surface area contributed by atoms with Crippen molar-refractivity contribution in [3.63, 3.8) is 0 Å². The summed E-state index contributed by atoms with van der Waals surface area (Å²) in [4.78, 5) is 20.7. The van der Waals surface area contributed by atoms with Crippen LogP contribution < -0.4 is 10.6 Å². The van der Waals surface area contributed by atoms with Crippen LogP contribution >= 0.6 is 11.3 Å². The third-order valence-electron chi connectivity index (χ3n) is 3.16. The lowest BCUT2D eigenvalue weighted by atomic mass is 10.2. The molecule has 0 saturated heterocycles. The SMILES string of the molecule is CC(C)CNc1nc2ccnc(NC(=O)C3CC3)c2s1. The molecule has 2 N–H and O–H groups in total. The summed E-state index contributed by atoms with van der Waals surface area (Å²) >= 11 is 1.54. The second kappa shape index (κ2) is 5.36. The molecule has 1 aliphatic rings. The highest BCUT2D eigenvalue weighted by Gasteiger charge is 2.30. The highest BCUT2D eigenvalue weighted by molar-refractivity contribution is 7.22. The van der Waals surface area contributed by atoms with Crippen molar-refractivity contribution in [1.29, 1.82) is 0 Å². The Balaban J connectivity index is 1.82. The molecular formula is C14H18N4OS. The number of hydrogen-bond donors (Lipinski definition) is 2. The van der Waals surface area contributed by atoms with Crippen molar-refractivity contribution in [3.05, 3.63) is 12.3 Å². The van der Waals surface area contributed by atoms with Crippen molar-refractivity contribution >= 4 is 38.4 Å². The number of rotatable bonds is 5. The van der Waals surface area contributed by atoms with Gasteiger partial charge < -0.3 is 10.6 Å². The molecule has 0 unspecified atom stereocenters. The van der Waals surface area contributed by atoms with Gasteiger partial charge in [-0.3, -0.25) is 4.79 Å². The number of amides is 1. The molecule has 106 valence electrons. The average Bonchev–Trinajstić information content (AvgIpc) is 3.17. The Hall–Kier alpha value is -1.69. The fourth-order valence-electron chi connectivity index (χ4n) is 1.88. The van der Waals surface area contributed by atoms with Gasteiger partial charge in [-0.15, -0.1) is 0 Å². The minimum Gasteiger partial charge on any atom is -0.361 e. The van der Waals surface area contributed by atoms with Crippen LogP contribution in [-0.4, -0.2) is 22.4 Å². The Kier molecular flexibility index (Phi) is 3.56. The molecule has 0 aromatic carbocycles. The summed E-state index contributed by atoms with van der Waals surface area (Å²) < 4.78 is 0.938. The van der Waals surface area contributed by atoms with E-state index in [-0.39, 0.29) is 11.8 Å². The summed E-state index contributed by atoms with van der Waals surface area (Å²) in [5, 5.41) is 7.11. The average molecular weight is 290 g/mol. The maximum atomic E-state index is 11.9. The number of nitrogens with zero attached hydrogens (tertiary/aromatic N) is 2. The molecule has 0 spiro atoms. The molecule has 0 bridgehead atoms. The molecule has 0 atom stereocenters. The van der Waals surface area contributed by atoms with Crippen molar-refractivity contribution in [1.82, 2.24) is 9.97 Å². The van der Waals surface area contributed by atoms with Gasteiger partial charge in [0.1, 0.15) is 0 Å². The Morgan fingerprint density at radius 2 is 2.30 bits per heavy atom. The van der Waals surface area contributed by atoms with E-state index in [2.05, 4.69) is 34.4 Å². The zero-order chi connectivity index (χ0) is 14.1. The summed E-state index contributed by atoms with van der Waals surface area (Å²) in [7, 11) is 0. The third-order valence-corrected chi connectivity index (χ3v) is 4.19. The third kappa shape index (κ3) is 2.90. The first-order valence-electron chi connectivity index (χ1n) is 6.94. The van der Waals surface area contributed by atoms with Crippen LogP contribution in [0.15, 0.2) is 12.3 Å². The van der Waals surface area contributed by atoms with Gasteiger partial charge in [0.25, 0.3) is 0 Å². The fraction of sp³-hybridized carbons (Fsp3) is 0.500. The quantitative estimate of drug-likeness (QED) is 0.888. The van der Waals surface area contributed by atoms with E-state index in [0.29, 0.717) is 11.7 Å². The number of thiazole rings is 1. The van der Waals surface area contributed by atoms with Crippen LogP contribution in [0.4, 0.5) is 10.9 Å². The minimum atomic E-state index is 0.0788. The zero-order valence-electron chi connectivity index (χ0n) is 11.6. The number of carbonyl (C=O) groups excluding carboxylic acids is 1. The lowest BCUT2D eigenvalue weighted by Gasteiger charge is -2.04. The van der Waals surface area contributed by atoms with Gasteiger partial charge in [0.05, 0.1) is 10.2 Å². The van der Waals surface area contributed by atoms with E-state index in [1.165, 1.54) is 0 Å². The van der Waals surface area contributed by atoms with Gasteiger partial charge in [-0.25, -0.2) is 9.97 Å². The number of nitrogens with one attached hydrogen (secondary N) is 2. The van der Waals surface area contributed by atoms with Crippen LogP contribution in [0, 0.1) is 11.8 Å². The lowest BCUT2D eigenvalue weighted by molar-refractivity contribution is -0.117. The van der Waals surface area contributed by atoms with Crippen LogP contribution in [0.1, 0.15) is 26.7 Å². The van der Waals surface area contributed by atoms with Crippen LogP contribution in [0.5, 0.6) is 0 Å². The molecule has 0 aliphatic heterocycles. The Labute approximate surface area is 121 Å². The van der Waals surface area contributed by atoms with Crippen LogP contribution in [-0.2, 0) is 4.79 Å². The Morgan fingerprint density at radius 3 is 3.00 bits per heavy atom. The lowest BCUT2D eigenvalue weighted by Crippen LogP contribution is -2.14. The summed E-state index contributed by atoms with van der Waals surface area (Å²) in [5.74, 6) is 1.46. The molecule has 1 fully saturated rings. The van der Waals surface area contributed by atoms with Gasteiger partial charge in [-0.05, 0) is 24.8 Å². The number of carbonyl (C=O) groups is 1. The molecule has 1 saturated carbocycles. The Bertz CT molecular complexity index is 633. The molecule has 2 aromatic rings. The first-order valence-corrected chi connectivity index (χ1v) is 7.75. The summed E-state index contributed by atoms with van der Waals surface area (Å²) in [6.07, 6.45) is 3.67. The van der Waals surface area contributed by atoms with E-state index in [9.17, 15) is 4.79 Å². The number of pyridine rings is 1. The molecule has 6 heteroatoms. The topological polar surface area (TPSA) is 66.9 Å². The first kappa shape index (κ1) is 13.3. The number of aromatic nitrogens is 2. The van der Waals surface area contributed by atoms with Gasteiger partial charge in [-0.1, -0.05) is 25.2 Å². The van der Waals surface area contributed by atoms with Gasteiger partial charge in [0.15, 0.2) is 10.9 Å². The van der Waals surface area contributed by atoms with Crippen molar-refractivity contribution in [3.8, 4) is 0 Å². The van der Waals surface area contributed by atoms with Gasteiger partial charge in [0, 0.05) is 18.7 Å². The van der Waals surface area contributed by atoms with E-state index in [1.54, 1.807) is 17.5 Å². The van der Waals surface area contributed by atoms with Gasteiger partial charge in [0.2, 0.25) is 5.91 Å². The van der Waals surface area contributed by atoms with Crippen molar-refractivity contribution < 1.29 is 4.79 Å². The first-order chi connectivity index (χ1) is 9.63. The largest absolute Gasteiger partial charge is 0.361 e. The summed E-state index contributed by atoms with van der Waals surface area (Å²) in [6, 6.07) is 1.87. The molecular weight excluding hydrogens is 272 g/mol. The summed E-state index contributed by atoms with van der Waals surface area (Å²) in [6.45, 7) is 5.20. The van der Waals surface area contributed by atoms with Crippen LogP contribution in [0.3, 0.4) is 0 Å². The van der Waals surface area contributed by atoms with Crippen molar-refractivity contribution in [2.75, 3.05) is 17.2 Å². The number of hydrogen-bond acceptors (Lipinski definition) is 5. The normalized spacial score (nSPS) is 14.8. The van der Waals surface area contributed by atoms with Gasteiger partial charge >= 0.3 is 0 Å². The predicted molar refractivity (Wildman–Crippen MR) is 82.1 cm³/mol. The minimum absolute atomic E-state index is 0.0788. The van der Waals surface area contributed by atoms with Crippen LogP contribution in [0.2, 0.25) is 0 Å². The highest BCUT2D eigenvalue weighted by Crippen LogP contribution is 2.33. The van der Waals surface area contributed by atoms with Crippen LogP contribution in [0.25, 0.3) is 10.2 Å². The standard InChI is InChI=1S/C14H18N4OS/c1-8(2)7-16-14-17-10-5-6-15-12(11(10)20-14)18-13(19)9-3-4-9/h5-6,8-9H,3-4,7H2,1-2H3,(H,16,17)(H,15,18,19). The van der Waals surface area contributed by atoms with E-state index in [4.69, 9.17) is 0 Å². The molecule has 0 radical (unpaired) electrons. The molecule has 1 aliphatic carbocycles. The fourth-order valence-corrected chi connectivity index (χ4v) is 2.79.